The maximum atomic E-state index is 8.78. The van der Waals surface area contributed by atoms with E-state index in [-0.39, 0.29) is 0 Å². The van der Waals surface area contributed by atoms with Crippen LogP contribution in [0.4, 0.5) is 0 Å². The highest BCUT2D eigenvalue weighted by Crippen LogP contribution is 1.98. The van der Waals surface area contributed by atoms with Crippen molar-refractivity contribution >= 4 is 0 Å². The van der Waals surface area contributed by atoms with E-state index in [2.05, 4.69) is 5.32 Å². The summed E-state index contributed by atoms with van der Waals surface area (Å²) in [6.07, 6.45) is 4.87. The van der Waals surface area contributed by atoms with Crippen molar-refractivity contribution in [3.05, 3.63) is 23.9 Å². The zero-order chi connectivity index (χ0) is 7.98. The molecule has 2 nitrogen and oxygen atoms in total. The molecule has 1 rings (SSSR count). The summed E-state index contributed by atoms with van der Waals surface area (Å²) in [6, 6.07) is 0. The fourth-order valence-electron chi connectivity index (χ4n) is 0.563. The lowest BCUT2D eigenvalue weighted by molar-refractivity contribution is 0.200. The summed E-state index contributed by atoms with van der Waals surface area (Å²) >= 11 is 0. The van der Waals surface area contributed by atoms with Crippen LogP contribution in [-0.4, -0.2) is 11.3 Å². The third kappa shape index (κ3) is 3.30. The van der Waals surface area contributed by atoms with Gasteiger partial charge in [-0.25, -0.2) is 0 Å². The summed E-state index contributed by atoms with van der Waals surface area (Å²) in [7, 11) is 0. The van der Waals surface area contributed by atoms with E-state index in [0.29, 0.717) is 0 Å². The summed E-state index contributed by atoms with van der Waals surface area (Å²) in [4.78, 5) is 0. The van der Waals surface area contributed by atoms with E-state index >= 15 is 0 Å². The molecular weight excluding hydrogens is 126 g/mol. The van der Waals surface area contributed by atoms with Gasteiger partial charge in [-0.05, 0) is 18.6 Å². The Balaban J connectivity index is 0.000000371. The molecule has 0 aromatic heterocycles. The van der Waals surface area contributed by atoms with Crippen LogP contribution < -0.4 is 5.32 Å². The Labute approximate surface area is 62.3 Å². The SMILES string of the molecule is CC.CC1=CNC(O)C=C1. The van der Waals surface area contributed by atoms with Gasteiger partial charge < -0.3 is 10.4 Å². The van der Waals surface area contributed by atoms with Gasteiger partial charge in [-0.1, -0.05) is 19.9 Å². The lowest BCUT2D eigenvalue weighted by Crippen LogP contribution is -2.23. The van der Waals surface area contributed by atoms with Gasteiger partial charge in [-0.15, -0.1) is 0 Å². The molecule has 0 aromatic rings. The van der Waals surface area contributed by atoms with Crippen LogP contribution in [0.1, 0.15) is 20.8 Å². The van der Waals surface area contributed by atoms with Crippen LogP contribution in [0, 0.1) is 0 Å². The zero-order valence-corrected chi connectivity index (χ0v) is 6.76. The fraction of sp³-hybridized carbons (Fsp3) is 0.500. The van der Waals surface area contributed by atoms with Crippen molar-refractivity contribution in [3.8, 4) is 0 Å². The first-order valence-corrected chi connectivity index (χ1v) is 3.58. The number of rotatable bonds is 0. The van der Waals surface area contributed by atoms with Gasteiger partial charge in [-0.2, -0.15) is 0 Å². The largest absolute Gasteiger partial charge is 0.370 e. The Kier molecular flexibility index (Phi) is 4.67. The molecule has 0 amide bonds. The number of hydrogen-bond donors (Lipinski definition) is 2. The standard InChI is InChI=1S/C6H9NO.C2H6/c1-5-2-3-6(8)7-4-5;1-2/h2-4,6-8H,1H3;1-2H3. The molecule has 2 N–H and O–H groups in total. The van der Waals surface area contributed by atoms with Crippen LogP contribution in [0.25, 0.3) is 0 Å². The maximum Gasteiger partial charge on any atom is 0.143 e. The highest BCUT2D eigenvalue weighted by Gasteiger charge is 1.96. The van der Waals surface area contributed by atoms with Gasteiger partial charge in [0.15, 0.2) is 0 Å². The van der Waals surface area contributed by atoms with Crippen molar-refractivity contribution in [3.63, 3.8) is 0 Å². The quantitative estimate of drug-likeness (QED) is 0.534. The van der Waals surface area contributed by atoms with E-state index < -0.39 is 6.23 Å². The summed E-state index contributed by atoms with van der Waals surface area (Å²) in [5.74, 6) is 0. The molecule has 0 fully saturated rings. The summed E-state index contributed by atoms with van der Waals surface area (Å²) in [5.41, 5.74) is 1.13. The average molecular weight is 141 g/mol. The molecule has 0 saturated heterocycles. The molecule has 0 bridgehead atoms. The average Bonchev–Trinajstić information content (AvgIpc) is 2.00. The van der Waals surface area contributed by atoms with Crippen LogP contribution in [0.3, 0.4) is 0 Å². The van der Waals surface area contributed by atoms with E-state index in [1.807, 2.05) is 26.8 Å². The van der Waals surface area contributed by atoms with Gasteiger partial charge in [-0.3, -0.25) is 0 Å². The second-order valence-corrected chi connectivity index (χ2v) is 1.86. The first kappa shape index (κ1) is 9.24. The number of dihydropyridines is 1. The van der Waals surface area contributed by atoms with Crippen LogP contribution in [0.15, 0.2) is 23.9 Å². The van der Waals surface area contributed by atoms with Gasteiger partial charge in [0.1, 0.15) is 6.23 Å². The summed E-state index contributed by atoms with van der Waals surface area (Å²) < 4.78 is 0. The van der Waals surface area contributed by atoms with Crippen molar-refractivity contribution in [2.45, 2.75) is 27.0 Å². The minimum absolute atomic E-state index is 0.487. The monoisotopic (exact) mass is 141 g/mol. The second-order valence-electron chi connectivity index (χ2n) is 1.86. The first-order chi connectivity index (χ1) is 4.79. The van der Waals surface area contributed by atoms with Crippen molar-refractivity contribution in [1.82, 2.24) is 5.32 Å². The molecule has 1 aliphatic rings. The molecule has 0 saturated carbocycles. The van der Waals surface area contributed by atoms with Gasteiger partial charge in [0.25, 0.3) is 0 Å². The summed E-state index contributed by atoms with van der Waals surface area (Å²) in [5, 5.41) is 11.5. The van der Waals surface area contributed by atoms with Gasteiger partial charge >= 0.3 is 0 Å². The Bertz CT molecular complexity index is 138. The van der Waals surface area contributed by atoms with Crippen molar-refractivity contribution in [1.29, 1.82) is 0 Å². The molecule has 0 aliphatic carbocycles. The highest BCUT2D eigenvalue weighted by molar-refractivity contribution is 5.19. The number of allylic oxidation sites excluding steroid dienone is 2. The molecule has 0 radical (unpaired) electrons. The molecule has 0 spiro atoms. The minimum Gasteiger partial charge on any atom is -0.370 e. The molecule has 58 valence electrons. The molecular formula is C8H15NO. The van der Waals surface area contributed by atoms with Gasteiger partial charge in [0, 0.05) is 6.20 Å². The van der Waals surface area contributed by atoms with Crippen LogP contribution >= 0.6 is 0 Å². The Hall–Kier alpha value is -0.760. The third-order valence-electron chi connectivity index (χ3n) is 1.02. The van der Waals surface area contributed by atoms with Gasteiger partial charge in [0.2, 0.25) is 0 Å². The highest BCUT2D eigenvalue weighted by atomic mass is 16.3. The lowest BCUT2D eigenvalue weighted by atomic mass is 10.2. The second kappa shape index (κ2) is 5.06. The zero-order valence-electron chi connectivity index (χ0n) is 6.76. The number of aliphatic hydroxyl groups is 1. The normalized spacial score (nSPS) is 22.0. The first-order valence-electron chi connectivity index (χ1n) is 3.58. The van der Waals surface area contributed by atoms with Crippen molar-refractivity contribution in [2.24, 2.45) is 0 Å². The third-order valence-corrected chi connectivity index (χ3v) is 1.02. The number of nitrogens with one attached hydrogen (secondary N) is 1. The van der Waals surface area contributed by atoms with Crippen molar-refractivity contribution < 1.29 is 5.11 Å². The predicted octanol–water partition coefficient (Wildman–Crippen LogP) is 1.39. The molecule has 0 aromatic carbocycles. The molecule has 1 aliphatic heterocycles. The molecule has 1 unspecified atom stereocenters. The molecule has 2 heteroatoms. The van der Waals surface area contributed by atoms with Gasteiger partial charge in [0.05, 0.1) is 0 Å². The molecule has 1 atom stereocenters. The van der Waals surface area contributed by atoms with E-state index in [9.17, 15) is 0 Å². The van der Waals surface area contributed by atoms with E-state index in [1.165, 1.54) is 0 Å². The fourth-order valence-corrected chi connectivity index (χ4v) is 0.563. The van der Waals surface area contributed by atoms with Crippen LogP contribution in [0.2, 0.25) is 0 Å². The number of hydrogen-bond acceptors (Lipinski definition) is 2. The van der Waals surface area contributed by atoms with E-state index in [0.717, 1.165) is 5.57 Å². The van der Waals surface area contributed by atoms with E-state index in [1.54, 1.807) is 12.3 Å². The van der Waals surface area contributed by atoms with Crippen LogP contribution in [0.5, 0.6) is 0 Å². The lowest BCUT2D eigenvalue weighted by Gasteiger charge is -2.09. The minimum atomic E-state index is -0.487. The Morgan fingerprint density at radius 1 is 1.50 bits per heavy atom. The predicted molar refractivity (Wildman–Crippen MR) is 43.4 cm³/mol. The smallest absolute Gasteiger partial charge is 0.143 e. The van der Waals surface area contributed by atoms with E-state index in [4.69, 9.17) is 5.11 Å². The van der Waals surface area contributed by atoms with Crippen LogP contribution in [-0.2, 0) is 0 Å². The van der Waals surface area contributed by atoms with Crippen molar-refractivity contribution in [2.75, 3.05) is 0 Å². The molecule has 10 heavy (non-hydrogen) atoms. The summed E-state index contributed by atoms with van der Waals surface area (Å²) in [6.45, 7) is 5.97. The molecule has 1 heterocycles. The Morgan fingerprint density at radius 2 is 2.10 bits per heavy atom. The Morgan fingerprint density at radius 3 is 2.40 bits per heavy atom. The number of aliphatic hydroxyl groups excluding tert-OH is 1. The topological polar surface area (TPSA) is 32.3 Å². The maximum absolute atomic E-state index is 8.78.